The number of ether oxygens (including phenoxy) is 2. The van der Waals surface area contributed by atoms with E-state index in [1.807, 2.05) is 0 Å². The van der Waals surface area contributed by atoms with Crippen molar-refractivity contribution in [2.75, 3.05) is 19.5 Å². The Bertz CT molecular complexity index is 341. The van der Waals surface area contributed by atoms with Crippen molar-refractivity contribution in [3.8, 4) is 5.75 Å². The van der Waals surface area contributed by atoms with E-state index in [1.54, 1.807) is 18.2 Å². The molecule has 5 heteroatoms. The molecule has 1 aromatic rings. The van der Waals surface area contributed by atoms with Crippen LogP contribution >= 0.6 is 15.9 Å². The van der Waals surface area contributed by atoms with E-state index in [2.05, 4.69) is 20.7 Å². The lowest BCUT2D eigenvalue weighted by molar-refractivity contribution is -0.142. The summed E-state index contributed by atoms with van der Waals surface area (Å²) in [7, 11) is 1.31. The van der Waals surface area contributed by atoms with E-state index in [0.717, 1.165) is 4.47 Å². The van der Waals surface area contributed by atoms with Crippen LogP contribution in [-0.4, -0.2) is 19.7 Å². The zero-order valence-corrected chi connectivity index (χ0v) is 9.21. The highest BCUT2D eigenvalue weighted by Crippen LogP contribution is 2.26. The summed E-state index contributed by atoms with van der Waals surface area (Å²) in [5.41, 5.74) is 6.13. The number of carbonyl (C=O) groups is 1. The molecule has 0 bridgehead atoms. The summed E-state index contributed by atoms with van der Waals surface area (Å²) in [6.07, 6.45) is 0. The standard InChI is InChI=1S/C9H10BrNO3/c1-13-9(12)5-14-8-4-6(11)2-3-7(8)10/h2-4H,5,11H2,1H3. The molecule has 0 aliphatic rings. The van der Waals surface area contributed by atoms with E-state index in [-0.39, 0.29) is 6.61 Å². The van der Waals surface area contributed by atoms with E-state index >= 15 is 0 Å². The molecule has 0 aromatic heterocycles. The van der Waals surface area contributed by atoms with Crippen molar-refractivity contribution in [2.45, 2.75) is 0 Å². The molecule has 76 valence electrons. The third-order valence-electron chi connectivity index (χ3n) is 1.53. The first-order valence-corrected chi connectivity index (χ1v) is 4.67. The molecular weight excluding hydrogens is 250 g/mol. The second-order valence-corrected chi connectivity index (χ2v) is 3.41. The van der Waals surface area contributed by atoms with Crippen molar-refractivity contribution < 1.29 is 14.3 Å². The maximum absolute atomic E-state index is 10.8. The summed E-state index contributed by atoms with van der Waals surface area (Å²) in [6, 6.07) is 5.12. The van der Waals surface area contributed by atoms with Gasteiger partial charge in [0.2, 0.25) is 0 Å². The van der Waals surface area contributed by atoms with Crippen molar-refractivity contribution in [3.05, 3.63) is 22.7 Å². The predicted molar refractivity (Wildman–Crippen MR) is 56.1 cm³/mol. The highest BCUT2D eigenvalue weighted by Gasteiger charge is 2.05. The minimum atomic E-state index is -0.431. The topological polar surface area (TPSA) is 61.5 Å². The number of carbonyl (C=O) groups excluding carboxylic acids is 1. The smallest absolute Gasteiger partial charge is 0.343 e. The average molecular weight is 260 g/mol. The van der Waals surface area contributed by atoms with Gasteiger partial charge in [0.05, 0.1) is 11.6 Å². The maximum Gasteiger partial charge on any atom is 0.343 e. The van der Waals surface area contributed by atoms with Gasteiger partial charge in [0.1, 0.15) is 5.75 Å². The molecule has 0 unspecified atom stereocenters. The molecule has 2 N–H and O–H groups in total. The average Bonchev–Trinajstić information content (AvgIpc) is 2.19. The molecule has 1 rings (SSSR count). The Kier molecular flexibility index (Phi) is 3.76. The Morgan fingerprint density at radius 1 is 1.57 bits per heavy atom. The van der Waals surface area contributed by atoms with E-state index in [1.165, 1.54) is 7.11 Å². The Hall–Kier alpha value is -1.23. The normalized spacial score (nSPS) is 9.57. The van der Waals surface area contributed by atoms with E-state index in [0.29, 0.717) is 11.4 Å². The number of rotatable bonds is 3. The summed E-state index contributed by atoms with van der Waals surface area (Å²) >= 11 is 3.27. The van der Waals surface area contributed by atoms with Crippen LogP contribution in [-0.2, 0) is 9.53 Å². The quantitative estimate of drug-likeness (QED) is 0.662. The Morgan fingerprint density at radius 2 is 2.29 bits per heavy atom. The van der Waals surface area contributed by atoms with E-state index in [4.69, 9.17) is 10.5 Å². The lowest BCUT2D eigenvalue weighted by atomic mass is 10.3. The van der Waals surface area contributed by atoms with Gasteiger partial charge in [-0.3, -0.25) is 0 Å². The van der Waals surface area contributed by atoms with Gasteiger partial charge in [-0.25, -0.2) is 4.79 Å². The van der Waals surface area contributed by atoms with Crippen molar-refractivity contribution in [2.24, 2.45) is 0 Å². The van der Waals surface area contributed by atoms with Crippen LogP contribution in [0.25, 0.3) is 0 Å². The number of hydrogen-bond donors (Lipinski definition) is 1. The van der Waals surface area contributed by atoms with Crippen LogP contribution < -0.4 is 10.5 Å². The molecule has 1 aromatic carbocycles. The Morgan fingerprint density at radius 3 is 2.93 bits per heavy atom. The number of methoxy groups -OCH3 is 1. The van der Waals surface area contributed by atoms with E-state index < -0.39 is 5.97 Å². The molecule has 0 amide bonds. The highest BCUT2D eigenvalue weighted by molar-refractivity contribution is 9.10. The van der Waals surface area contributed by atoms with Crippen molar-refractivity contribution in [3.63, 3.8) is 0 Å². The molecule has 0 fully saturated rings. The monoisotopic (exact) mass is 259 g/mol. The van der Waals surface area contributed by atoms with Gasteiger partial charge in [0.25, 0.3) is 0 Å². The minimum Gasteiger partial charge on any atom is -0.481 e. The van der Waals surface area contributed by atoms with Crippen molar-refractivity contribution >= 4 is 27.6 Å². The van der Waals surface area contributed by atoms with Gasteiger partial charge in [-0.2, -0.15) is 0 Å². The number of esters is 1. The fourth-order valence-electron chi connectivity index (χ4n) is 0.826. The molecule has 0 aliphatic heterocycles. The van der Waals surface area contributed by atoms with Crippen LogP contribution in [0, 0.1) is 0 Å². The predicted octanol–water partition coefficient (Wildman–Crippen LogP) is 1.58. The molecule has 0 saturated heterocycles. The van der Waals surface area contributed by atoms with Crippen LogP contribution in [0.1, 0.15) is 0 Å². The Labute approximate surface area is 90.1 Å². The molecule has 14 heavy (non-hydrogen) atoms. The third kappa shape index (κ3) is 2.92. The van der Waals surface area contributed by atoms with Gasteiger partial charge < -0.3 is 15.2 Å². The van der Waals surface area contributed by atoms with Crippen molar-refractivity contribution in [1.29, 1.82) is 0 Å². The van der Waals surface area contributed by atoms with Gasteiger partial charge in [-0.15, -0.1) is 0 Å². The zero-order valence-electron chi connectivity index (χ0n) is 7.62. The maximum atomic E-state index is 10.8. The molecular formula is C9H10BrNO3. The molecule has 0 heterocycles. The first-order chi connectivity index (χ1) is 6.63. The molecule has 0 radical (unpaired) electrons. The molecule has 0 spiro atoms. The number of benzene rings is 1. The summed E-state index contributed by atoms with van der Waals surface area (Å²) in [5, 5.41) is 0. The molecule has 0 atom stereocenters. The fraction of sp³-hybridized carbons (Fsp3) is 0.222. The van der Waals surface area contributed by atoms with Gasteiger partial charge in [-0.1, -0.05) is 0 Å². The summed E-state index contributed by atoms with van der Waals surface area (Å²) in [4.78, 5) is 10.8. The summed E-state index contributed by atoms with van der Waals surface area (Å²) in [6.45, 7) is -0.126. The number of halogens is 1. The molecule has 0 aliphatic carbocycles. The highest BCUT2D eigenvalue weighted by atomic mass is 79.9. The summed E-state index contributed by atoms with van der Waals surface area (Å²) < 4.78 is 10.3. The fourth-order valence-corrected chi connectivity index (χ4v) is 1.19. The van der Waals surface area contributed by atoms with Gasteiger partial charge >= 0.3 is 5.97 Å². The third-order valence-corrected chi connectivity index (χ3v) is 2.18. The van der Waals surface area contributed by atoms with Crippen LogP contribution in [0.15, 0.2) is 22.7 Å². The second kappa shape index (κ2) is 4.85. The van der Waals surface area contributed by atoms with Crippen LogP contribution in [0.3, 0.4) is 0 Å². The number of anilines is 1. The number of hydrogen-bond acceptors (Lipinski definition) is 4. The lowest BCUT2D eigenvalue weighted by Crippen LogP contribution is -2.12. The SMILES string of the molecule is COC(=O)COc1cc(N)ccc1Br. The van der Waals surface area contributed by atoms with Gasteiger partial charge in [0, 0.05) is 11.8 Å². The first kappa shape index (κ1) is 10.8. The zero-order chi connectivity index (χ0) is 10.6. The lowest BCUT2D eigenvalue weighted by Gasteiger charge is -2.07. The first-order valence-electron chi connectivity index (χ1n) is 3.88. The second-order valence-electron chi connectivity index (χ2n) is 2.55. The van der Waals surface area contributed by atoms with Crippen LogP contribution in [0.4, 0.5) is 5.69 Å². The van der Waals surface area contributed by atoms with Crippen molar-refractivity contribution in [1.82, 2.24) is 0 Å². The van der Waals surface area contributed by atoms with Gasteiger partial charge in [-0.05, 0) is 28.1 Å². The Balaban J connectivity index is 2.66. The molecule has 0 saturated carbocycles. The van der Waals surface area contributed by atoms with Gasteiger partial charge in [0.15, 0.2) is 6.61 Å². The largest absolute Gasteiger partial charge is 0.481 e. The number of nitrogen functional groups attached to an aromatic ring is 1. The van der Waals surface area contributed by atoms with Crippen LogP contribution in [0.2, 0.25) is 0 Å². The number of nitrogens with two attached hydrogens (primary N) is 1. The summed E-state index contributed by atoms with van der Waals surface area (Å²) in [5.74, 6) is 0.0923. The van der Waals surface area contributed by atoms with Crippen LogP contribution in [0.5, 0.6) is 5.75 Å². The van der Waals surface area contributed by atoms with E-state index in [9.17, 15) is 4.79 Å². The molecule has 4 nitrogen and oxygen atoms in total. The minimum absolute atomic E-state index is 0.126.